The Balaban J connectivity index is 2.49. The molecule has 0 saturated carbocycles. The van der Waals surface area contributed by atoms with E-state index in [-0.39, 0.29) is 27.9 Å². The summed E-state index contributed by atoms with van der Waals surface area (Å²) in [5, 5.41) is 39.1. The smallest absolute Gasteiger partial charge is 0.337 e. The van der Waals surface area contributed by atoms with Crippen LogP contribution < -0.4 is 0 Å². The van der Waals surface area contributed by atoms with Crippen LogP contribution in [0.3, 0.4) is 0 Å². The predicted molar refractivity (Wildman–Crippen MR) is 110 cm³/mol. The lowest BCUT2D eigenvalue weighted by Gasteiger charge is -2.09. The van der Waals surface area contributed by atoms with Crippen LogP contribution in [0.4, 0.5) is 0 Å². The summed E-state index contributed by atoms with van der Waals surface area (Å²) >= 11 is 6.32. The number of carboxylic acids is 1. The Morgan fingerprint density at radius 1 is 1.00 bits per heavy atom. The lowest BCUT2D eigenvalue weighted by atomic mass is 10.0. The van der Waals surface area contributed by atoms with E-state index >= 15 is 0 Å². The Kier molecular flexibility index (Phi) is 6.90. The summed E-state index contributed by atoms with van der Waals surface area (Å²) in [5.74, 6) is -1.50. The number of carbonyl (C=O) groups is 1. The van der Waals surface area contributed by atoms with Crippen molar-refractivity contribution in [2.75, 3.05) is 0 Å². The van der Waals surface area contributed by atoms with E-state index in [4.69, 9.17) is 11.6 Å². The number of phenols is 2. The molecular formula is C22H21ClO5. The van der Waals surface area contributed by atoms with E-state index in [1.807, 2.05) is 19.9 Å². The predicted octanol–water partition coefficient (Wildman–Crippen LogP) is 5.24. The maximum atomic E-state index is 11.7. The number of aromatic hydroxyl groups is 2. The molecule has 0 radical (unpaired) electrons. The highest BCUT2D eigenvalue weighted by Gasteiger charge is 2.15. The largest absolute Gasteiger partial charge is 0.508 e. The highest BCUT2D eigenvalue weighted by molar-refractivity contribution is 6.51. The van der Waals surface area contributed by atoms with Crippen molar-refractivity contribution >= 4 is 28.4 Å². The van der Waals surface area contributed by atoms with Gasteiger partial charge in [-0.3, -0.25) is 0 Å². The van der Waals surface area contributed by atoms with Crippen LogP contribution in [0.2, 0.25) is 0 Å². The summed E-state index contributed by atoms with van der Waals surface area (Å²) in [6.07, 6.45) is 3.47. The maximum absolute atomic E-state index is 11.7. The molecule has 2 aromatic rings. The third kappa shape index (κ3) is 5.41. The second kappa shape index (κ2) is 9.15. The van der Waals surface area contributed by atoms with Crippen molar-refractivity contribution in [1.82, 2.24) is 0 Å². The number of aliphatic hydroxyl groups excluding tert-OH is 1. The van der Waals surface area contributed by atoms with Crippen molar-refractivity contribution in [3.8, 4) is 11.5 Å². The Morgan fingerprint density at radius 2 is 1.61 bits per heavy atom. The van der Waals surface area contributed by atoms with E-state index in [9.17, 15) is 25.2 Å². The van der Waals surface area contributed by atoms with Crippen molar-refractivity contribution in [1.29, 1.82) is 0 Å². The van der Waals surface area contributed by atoms with Crippen LogP contribution in [0.15, 0.2) is 65.8 Å². The van der Waals surface area contributed by atoms with Crippen LogP contribution in [0.5, 0.6) is 11.5 Å². The van der Waals surface area contributed by atoms with Crippen molar-refractivity contribution in [3.63, 3.8) is 0 Å². The molecular weight excluding hydrogens is 380 g/mol. The van der Waals surface area contributed by atoms with Gasteiger partial charge in [0.05, 0.1) is 10.6 Å². The third-order valence-corrected chi connectivity index (χ3v) is 4.40. The van der Waals surface area contributed by atoms with Gasteiger partial charge in [0.2, 0.25) is 0 Å². The summed E-state index contributed by atoms with van der Waals surface area (Å²) in [5.41, 5.74) is 2.12. The quantitative estimate of drug-likeness (QED) is 0.230. The normalized spacial score (nSPS) is 12.3. The van der Waals surface area contributed by atoms with E-state index < -0.39 is 5.97 Å². The van der Waals surface area contributed by atoms with E-state index in [0.29, 0.717) is 23.1 Å². The monoisotopic (exact) mass is 400 g/mol. The Bertz CT molecular complexity index is 965. The molecule has 0 saturated heterocycles. The highest BCUT2D eigenvalue weighted by Crippen LogP contribution is 2.30. The van der Waals surface area contributed by atoms with Crippen LogP contribution in [-0.2, 0) is 11.2 Å². The molecule has 6 heteroatoms. The molecule has 0 bridgehead atoms. The molecule has 146 valence electrons. The average molecular weight is 401 g/mol. The number of aliphatic carboxylic acids is 1. The molecule has 0 amide bonds. The molecule has 0 spiro atoms. The van der Waals surface area contributed by atoms with Gasteiger partial charge >= 0.3 is 5.97 Å². The second-order valence-corrected chi connectivity index (χ2v) is 6.82. The lowest BCUT2D eigenvalue weighted by Crippen LogP contribution is -2.01. The Morgan fingerprint density at radius 3 is 2.18 bits per heavy atom. The van der Waals surface area contributed by atoms with E-state index in [2.05, 4.69) is 0 Å². The van der Waals surface area contributed by atoms with Gasteiger partial charge in [0.25, 0.3) is 0 Å². The number of phenolic OH excluding ortho intramolecular Hbond substituents is 2. The highest BCUT2D eigenvalue weighted by atomic mass is 35.5. The molecule has 2 rings (SSSR count). The van der Waals surface area contributed by atoms with Gasteiger partial charge in [-0.25, -0.2) is 4.79 Å². The SMILES string of the molecule is CC(C)=CCc1cc(C(Cl)=C(C=C(O)c2ccc(O)cc2)C(=O)O)ccc1O. The summed E-state index contributed by atoms with van der Waals surface area (Å²) in [7, 11) is 0. The number of allylic oxidation sites excluding steroid dienone is 2. The summed E-state index contributed by atoms with van der Waals surface area (Å²) in [6.45, 7) is 3.88. The average Bonchev–Trinajstić information content (AvgIpc) is 2.65. The molecule has 4 N–H and O–H groups in total. The number of carboxylic acid groups (broad SMARTS) is 1. The van der Waals surface area contributed by atoms with Crippen molar-refractivity contribution in [3.05, 3.63) is 82.5 Å². The molecule has 28 heavy (non-hydrogen) atoms. The minimum Gasteiger partial charge on any atom is -0.508 e. The minimum atomic E-state index is -1.31. The summed E-state index contributed by atoms with van der Waals surface area (Å²) < 4.78 is 0. The summed E-state index contributed by atoms with van der Waals surface area (Å²) in [4.78, 5) is 11.7. The molecule has 0 aliphatic rings. The zero-order valence-electron chi connectivity index (χ0n) is 15.5. The van der Waals surface area contributed by atoms with Gasteiger partial charge in [0, 0.05) is 5.56 Å². The number of halogens is 1. The lowest BCUT2D eigenvalue weighted by molar-refractivity contribution is -0.132. The first kappa shape index (κ1) is 21.1. The van der Waals surface area contributed by atoms with Gasteiger partial charge in [0.1, 0.15) is 17.3 Å². The van der Waals surface area contributed by atoms with Gasteiger partial charge in [-0.1, -0.05) is 23.3 Å². The zero-order chi connectivity index (χ0) is 20.8. The van der Waals surface area contributed by atoms with Crippen LogP contribution >= 0.6 is 11.6 Å². The van der Waals surface area contributed by atoms with Gasteiger partial charge in [-0.15, -0.1) is 0 Å². The molecule has 0 heterocycles. The molecule has 0 aliphatic carbocycles. The third-order valence-electron chi connectivity index (χ3n) is 3.97. The first-order valence-corrected chi connectivity index (χ1v) is 8.85. The number of aliphatic hydroxyl groups is 1. The van der Waals surface area contributed by atoms with Gasteiger partial charge < -0.3 is 20.4 Å². The number of hydrogen-bond donors (Lipinski definition) is 4. The fourth-order valence-corrected chi connectivity index (χ4v) is 2.68. The molecule has 0 fully saturated rings. The zero-order valence-corrected chi connectivity index (χ0v) is 16.2. The van der Waals surface area contributed by atoms with Crippen LogP contribution in [0.25, 0.3) is 10.8 Å². The fraction of sp³-hybridized carbons (Fsp3) is 0.136. The van der Waals surface area contributed by atoms with Crippen molar-refractivity contribution < 1.29 is 25.2 Å². The van der Waals surface area contributed by atoms with Crippen LogP contribution in [0.1, 0.15) is 30.5 Å². The first-order chi connectivity index (χ1) is 13.2. The van der Waals surface area contributed by atoms with Gasteiger partial charge in [-0.2, -0.15) is 0 Å². The number of benzene rings is 2. The van der Waals surface area contributed by atoms with Crippen LogP contribution in [0, 0.1) is 0 Å². The molecule has 0 unspecified atom stereocenters. The van der Waals surface area contributed by atoms with E-state index in [1.54, 1.807) is 6.07 Å². The molecule has 0 aliphatic heterocycles. The second-order valence-electron chi connectivity index (χ2n) is 6.44. The van der Waals surface area contributed by atoms with E-state index in [1.165, 1.54) is 36.4 Å². The fourth-order valence-electron chi connectivity index (χ4n) is 2.43. The Hall–Kier alpha value is -3.18. The number of hydrogen-bond acceptors (Lipinski definition) is 4. The van der Waals surface area contributed by atoms with Gasteiger partial charge in [0.15, 0.2) is 0 Å². The topological polar surface area (TPSA) is 98.0 Å². The molecule has 5 nitrogen and oxygen atoms in total. The standard InChI is InChI=1S/C22H21ClO5/c1-13(2)3-4-15-11-16(7-10-19(15)25)21(23)18(22(27)28)12-20(26)14-5-8-17(24)9-6-14/h3,5-12,24-26H,4H2,1-2H3,(H,27,28). The van der Waals surface area contributed by atoms with E-state index in [0.717, 1.165) is 11.6 Å². The maximum Gasteiger partial charge on any atom is 0.337 e. The minimum absolute atomic E-state index is 0.0246. The molecule has 0 aromatic heterocycles. The Labute approximate surface area is 168 Å². The summed E-state index contributed by atoms with van der Waals surface area (Å²) in [6, 6.07) is 10.2. The van der Waals surface area contributed by atoms with Crippen molar-refractivity contribution in [2.45, 2.75) is 20.3 Å². The van der Waals surface area contributed by atoms with Gasteiger partial charge in [-0.05, 0) is 79.9 Å². The van der Waals surface area contributed by atoms with Crippen molar-refractivity contribution in [2.24, 2.45) is 0 Å². The molecule has 0 atom stereocenters. The molecule has 2 aromatic carbocycles. The first-order valence-electron chi connectivity index (χ1n) is 8.47. The number of rotatable bonds is 6. The van der Waals surface area contributed by atoms with Crippen LogP contribution in [-0.4, -0.2) is 26.4 Å².